The van der Waals surface area contributed by atoms with E-state index in [4.69, 9.17) is 14.6 Å². The first-order valence-electron chi connectivity index (χ1n) is 5.27. The number of aliphatic carboxylic acids is 1. The number of halogens is 1. The Morgan fingerprint density at radius 3 is 2.82 bits per heavy atom. The molecule has 17 heavy (non-hydrogen) atoms. The number of hydrogen-bond donors (Lipinski definition) is 1. The predicted molar refractivity (Wildman–Crippen MR) is 57.5 cm³/mol. The summed E-state index contributed by atoms with van der Waals surface area (Å²) in [6.45, 7) is 0.479. The van der Waals surface area contributed by atoms with Crippen molar-refractivity contribution in [1.82, 2.24) is 0 Å². The van der Waals surface area contributed by atoms with Gasteiger partial charge in [-0.1, -0.05) is 0 Å². The van der Waals surface area contributed by atoms with Gasteiger partial charge in [-0.3, -0.25) is 4.79 Å². The molecule has 0 amide bonds. The van der Waals surface area contributed by atoms with E-state index in [2.05, 4.69) is 0 Å². The number of carboxylic acid groups (broad SMARTS) is 1. The summed E-state index contributed by atoms with van der Waals surface area (Å²) in [5.74, 6) is -0.954. The van der Waals surface area contributed by atoms with Gasteiger partial charge in [0.05, 0.1) is 20.1 Å². The molecule has 1 aliphatic rings. The lowest BCUT2D eigenvalue weighted by Gasteiger charge is -2.41. The van der Waals surface area contributed by atoms with Crippen LogP contribution in [0, 0.1) is 5.82 Å². The molecular formula is C12H13FO4. The van der Waals surface area contributed by atoms with Gasteiger partial charge >= 0.3 is 5.97 Å². The zero-order valence-corrected chi connectivity index (χ0v) is 9.40. The maximum absolute atomic E-state index is 13.3. The zero-order valence-electron chi connectivity index (χ0n) is 9.40. The molecule has 0 saturated carbocycles. The number of rotatable bonds is 4. The summed E-state index contributed by atoms with van der Waals surface area (Å²) < 4.78 is 23.8. The van der Waals surface area contributed by atoms with Crippen LogP contribution in [0.15, 0.2) is 18.2 Å². The van der Waals surface area contributed by atoms with Gasteiger partial charge in [0.15, 0.2) is 0 Å². The Morgan fingerprint density at radius 1 is 1.65 bits per heavy atom. The van der Waals surface area contributed by atoms with Crippen LogP contribution in [0.25, 0.3) is 0 Å². The lowest BCUT2D eigenvalue weighted by molar-refractivity contribution is -0.176. The standard InChI is InChI=1S/C12H13FO4/c1-16-10-3-2-8(13)6-9(10)12(4-5-17-12)7-11(14)15/h2-3,6H,4-5,7H2,1H3,(H,14,15). The molecule has 1 unspecified atom stereocenters. The van der Waals surface area contributed by atoms with Crippen molar-refractivity contribution < 1.29 is 23.8 Å². The normalized spacial score (nSPS) is 22.9. The third-order valence-corrected chi connectivity index (χ3v) is 2.97. The summed E-state index contributed by atoms with van der Waals surface area (Å²) in [5, 5.41) is 8.89. The lowest BCUT2D eigenvalue weighted by Crippen LogP contribution is -2.43. The van der Waals surface area contributed by atoms with E-state index in [-0.39, 0.29) is 6.42 Å². The van der Waals surface area contributed by atoms with Crippen LogP contribution >= 0.6 is 0 Å². The number of carboxylic acids is 1. The molecular weight excluding hydrogens is 227 g/mol. The van der Waals surface area contributed by atoms with Crippen LogP contribution in [0.3, 0.4) is 0 Å². The summed E-state index contributed by atoms with van der Waals surface area (Å²) >= 11 is 0. The second kappa shape index (κ2) is 4.33. The average Bonchev–Trinajstić information content (AvgIpc) is 2.23. The molecule has 0 aromatic heterocycles. The SMILES string of the molecule is COc1ccc(F)cc1C1(CC(=O)O)CCO1. The number of hydrogen-bond acceptors (Lipinski definition) is 3. The Hall–Kier alpha value is -1.62. The molecule has 1 aromatic rings. The van der Waals surface area contributed by atoms with Crippen molar-refractivity contribution in [3.63, 3.8) is 0 Å². The Balaban J connectivity index is 2.42. The molecule has 0 aliphatic carbocycles. The topological polar surface area (TPSA) is 55.8 Å². The van der Waals surface area contributed by atoms with Gasteiger partial charge in [-0.15, -0.1) is 0 Å². The molecule has 92 valence electrons. The van der Waals surface area contributed by atoms with Crippen molar-refractivity contribution in [1.29, 1.82) is 0 Å². The fourth-order valence-corrected chi connectivity index (χ4v) is 2.08. The molecule has 1 N–H and O–H groups in total. The van der Waals surface area contributed by atoms with Crippen molar-refractivity contribution in [3.05, 3.63) is 29.6 Å². The van der Waals surface area contributed by atoms with Crippen LogP contribution in [0.1, 0.15) is 18.4 Å². The van der Waals surface area contributed by atoms with E-state index >= 15 is 0 Å². The van der Waals surface area contributed by atoms with Gasteiger partial charge < -0.3 is 14.6 Å². The third-order valence-electron chi connectivity index (χ3n) is 2.97. The Labute approximate surface area is 98.0 Å². The molecule has 5 heteroatoms. The van der Waals surface area contributed by atoms with Crippen LogP contribution in [0.5, 0.6) is 5.75 Å². The van der Waals surface area contributed by atoms with Crippen LogP contribution in [0.4, 0.5) is 4.39 Å². The molecule has 1 atom stereocenters. The van der Waals surface area contributed by atoms with Crippen molar-refractivity contribution in [3.8, 4) is 5.75 Å². The molecule has 0 spiro atoms. The number of benzene rings is 1. The maximum atomic E-state index is 13.3. The van der Waals surface area contributed by atoms with E-state index < -0.39 is 17.4 Å². The van der Waals surface area contributed by atoms with Gasteiger partial charge in [-0.25, -0.2) is 4.39 Å². The smallest absolute Gasteiger partial charge is 0.306 e. The van der Waals surface area contributed by atoms with Gasteiger partial charge in [-0.2, -0.15) is 0 Å². The summed E-state index contributed by atoms with van der Waals surface area (Å²) in [6, 6.07) is 4.03. The number of ether oxygens (including phenoxy) is 2. The van der Waals surface area contributed by atoms with Gasteiger partial charge in [0.2, 0.25) is 0 Å². The quantitative estimate of drug-likeness (QED) is 0.873. The Morgan fingerprint density at radius 2 is 2.35 bits per heavy atom. The fourth-order valence-electron chi connectivity index (χ4n) is 2.08. The second-order valence-electron chi connectivity index (χ2n) is 4.01. The first kappa shape index (κ1) is 11.9. The van der Waals surface area contributed by atoms with E-state index in [1.54, 1.807) is 0 Å². The maximum Gasteiger partial charge on any atom is 0.306 e. The molecule has 1 aromatic carbocycles. The van der Waals surface area contributed by atoms with Crippen LogP contribution in [-0.4, -0.2) is 24.8 Å². The highest BCUT2D eigenvalue weighted by atomic mass is 19.1. The Bertz CT molecular complexity index is 440. The van der Waals surface area contributed by atoms with Gasteiger partial charge in [0.25, 0.3) is 0 Å². The fraction of sp³-hybridized carbons (Fsp3) is 0.417. The minimum absolute atomic E-state index is 0.188. The van der Waals surface area contributed by atoms with E-state index in [0.717, 1.165) is 0 Å². The van der Waals surface area contributed by atoms with Gasteiger partial charge in [0, 0.05) is 12.0 Å². The zero-order chi connectivity index (χ0) is 12.5. The highest BCUT2D eigenvalue weighted by molar-refractivity contribution is 5.69. The summed E-state index contributed by atoms with van der Waals surface area (Å²) in [5.41, 5.74) is -0.479. The largest absolute Gasteiger partial charge is 0.496 e. The van der Waals surface area contributed by atoms with Crippen molar-refractivity contribution in [2.24, 2.45) is 0 Å². The average molecular weight is 240 g/mol. The molecule has 1 saturated heterocycles. The number of carbonyl (C=O) groups is 1. The Kier molecular flexibility index (Phi) is 3.02. The van der Waals surface area contributed by atoms with Crippen LogP contribution in [-0.2, 0) is 15.1 Å². The molecule has 4 nitrogen and oxygen atoms in total. The molecule has 1 fully saturated rings. The lowest BCUT2D eigenvalue weighted by atomic mass is 9.83. The minimum atomic E-state index is -0.976. The van der Waals surface area contributed by atoms with E-state index in [0.29, 0.717) is 24.3 Å². The second-order valence-corrected chi connectivity index (χ2v) is 4.01. The van der Waals surface area contributed by atoms with E-state index in [1.807, 2.05) is 0 Å². The number of methoxy groups -OCH3 is 1. The van der Waals surface area contributed by atoms with E-state index in [9.17, 15) is 9.18 Å². The highest BCUT2D eigenvalue weighted by Crippen LogP contribution is 2.44. The van der Waals surface area contributed by atoms with E-state index in [1.165, 1.54) is 25.3 Å². The van der Waals surface area contributed by atoms with Crippen LogP contribution < -0.4 is 4.74 Å². The first-order valence-corrected chi connectivity index (χ1v) is 5.27. The van der Waals surface area contributed by atoms with Crippen molar-refractivity contribution in [2.45, 2.75) is 18.4 Å². The summed E-state index contributed by atoms with van der Waals surface area (Å²) in [7, 11) is 1.46. The first-order chi connectivity index (χ1) is 8.07. The molecule has 1 heterocycles. The van der Waals surface area contributed by atoms with Crippen molar-refractivity contribution in [2.75, 3.05) is 13.7 Å². The molecule has 1 aliphatic heterocycles. The van der Waals surface area contributed by atoms with Crippen molar-refractivity contribution >= 4 is 5.97 Å². The van der Waals surface area contributed by atoms with Gasteiger partial charge in [0.1, 0.15) is 17.2 Å². The highest BCUT2D eigenvalue weighted by Gasteiger charge is 2.44. The summed E-state index contributed by atoms with van der Waals surface area (Å²) in [6.07, 6.45) is 0.367. The third kappa shape index (κ3) is 2.10. The molecule has 0 bridgehead atoms. The van der Waals surface area contributed by atoms with Gasteiger partial charge in [-0.05, 0) is 18.2 Å². The summed E-state index contributed by atoms with van der Waals surface area (Å²) in [4.78, 5) is 10.9. The minimum Gasteiger partial charge on any atom is -0.496 e. The monoisotopic (exact) mass is 240 g/mol. The molecule has 2 rings (SSSR count). The molecule has 0 radical (unpaired) electrons. The predicted octanol–water partition coefficient (Wildman–Crippen LogP) is 1.92. The van der Waals surface area contributed by atoms with Crippen LogP contribution in [0.2, 0.25) is 0 Å².